The third-order valence-electron chi connectivity index (χ3n) is 4.45. The molecule has 0 saturated carbocycles. The second-order valence-corrected chi connectivity index (χ2v) is 5.46. The van der Waals surface area contributed by atoms with Crippen molar-refractivity contribution >= 4 is 17.3 Å². The van der Waals surface area contributed by atoms with Gasteiger partial charge in [-0.1, -0.05) is 0 Å². The lowest BCUT2D eigenvalue weighted by atomic mass is 9.89. The van der Waals surface area contributed by atoms with Crippen LogP contribution in [-0.2, 0) is 4.79 Å². The van der Waals surface area contributed by atoms with E-state index in [2.05, 4.69) is 0 Å². The molecule has 0 radical (unpaired) electrons. The van der Waals surface area contributed by atoms with Crippen LogP contribution < -0.4 is 4.90 Å². The molecule has 0 amide bonds. The molecule has 108 valence electrons. The average molecular weight is 287 g/mol. The van der Waals surface area contributed by atoms with Gasteiger partial charge in [0, 0.05) is 23.8 Å². The maximum Gasteiger partial charge on any atom is 0.308 e. The van der Waals surface area contributed by atoms with Gasteiger partial charge < -0.3 is 10.0 Å². The molecular weight excluding hydrogens is 274 g/mol. The molecule has 2 fully saturated rings. The first kappa shape index (κ1) is 13.4. The van der Waals surface area contributed by atoms with Crippen LogP contribution in [0.1, 0.15) is 24.8 Å². The largest absolute Gasteiger partial charge is 0.481 e. The van der Waals surface area contributed by atoms with Crippen molar-refractivity contribution in [3.63, 3.8) is 0 Å². The van der Waals surface area contributed by atoms with Gasteiger partial charge in [0.25, 0.3) is 5.69 Å². The van der Waals surface area contributed by atoms with Gasteiger partial charge in [-0.25, -0.2) is 0 Å². The topological polar surface area (TPSA) is 107 Å². The van der Waals surface area contributed by atoms with Crippen molar-refractivity contribution in [3.8, 4) is 6.07 Å². The van der Waals surface area contributed by atoms with E-state index in [1.807, 2.05) is 11.0 Å². The van der Waals surface area contributed by atoms with Gasteiger partial charge in [-0.15, -0.1) is 0 Å². The van der Waals surface area contributed by atoms with Gasteiger partial charge in [0.15, 0.2) is 0 Å². The molecule has 1 aromatic carbocycles. The van der Waals surface area contributed by atoms with Crippen molar-refractivity contribution in [3.05, 3.63) is 33.9 Å². The summed E-state index contributed by atoms with van der Waals surface area (Å²) in [5.41, 5.74) is 0.492. The quantitative estimate of drug-likeness (QED) is 0.672. The van der Waals surface area contributed by atoms with Crippen molar-refractivity contribution in [2.45, 2.75) is 31.3 Å². The first-order valence-electron chi connectivity index (χ1n) is 6.72. The number of aliphatic carboxylic acids is 1. The van der Waals surface area contributed by atoms with Crippen LogP contribution >= 0.6 is 0 Å². The molecule has 3 atom stereocenters. The molecule has 7 heteroatoms. The Morgan fingerprint density at radius 2 is 2.24 bits per heavy atom. The van der Waals surface area contributed by atoms with Crippen LogP contribution in [0.15, 0.2) is 18.2 Å². The molecule has 2 heterocycles. The molecule has 0 aliphatic carbocycles. The number of hydrogen-bond acceptors (Lipinski definition) is 5. The second kappa shape index (κ2) is 4.74. The number of hydrogen-bond donors (Lipinski definition) is 1. The number of anilines is 1. The van der Waals surface area contributed by atoms with Gasteiger partial charge in [-0.2, -0.15) is 5.26 Å². The van der Waals surface area contributed by atoms with Gasteiger partial charge in [0.1, 0.15) is 11.6 Å². The highest BCUT2D eigenvalue weighted by Gasteiger charge is 2.49. The van der Waals surface area contributed by atoms with Crippen LogP contribution in [0.4, 0.5) is 11.4 Å². The van der Waals surface area contributed by atoms with E-state index in [-0.39, 0.29) is 23.3 Å². The van der Waals surface area contributed by atoms with E-state index >= 15 is 0 Å². The number of carbonyl (C=O) groups is 1. The lowest BCUT2D eigenvalue weighted by Crippen LogP contribution is -2.32. The average Bonchev–Trinajstić information content (AvgIpc) is 3.04. The number of carboxylic acids is 1. The Balaban J connectivity index is 1.97. The Hall–Kier alpha value is -2.62. The Labute approximate surface area is 120 Å². The summed E-state index contributed by atoms with van der Waals surface area (Å²) < 4.78 is 0. The Kier molecular flexibility index (Phi) is 3.01. The molecule has 21 heavy (non-hydrogen) atoms. The predicted molar refractivity (Wildman–Crippen MR) is 72.8 cm³/mol. The van der Waals surface area contributed by atoms with E-state index in [9.17, 15) is 20.0 Å². The Morgan fingerprint density at radius 1 is 1.48 bits per heavy atom. The third kappa shape index (κ3) is 2.00. The van der Waals surface area contributed by atoms with Crippen molar-refractivity contribution in [2.24, 2.45) is 5.92 Å². The van der Waals surface area contributed by atoms with E-state index in [0.29, 0.717) is 12.1 Å². The van der Waals surface area contributed by atoms with Crippen LogP contribution in [0, 0.1) is 27.4 Å². The summed E-state index contributed by atoms with van der Waals surface area (Å²) in [7, 11) is 0. The fourth-order valence-corrected chi connectivity index (χ4v) is 3.59. The molecule has 3 rings (SSSR count). The predicted octanol–water partition coefficient (Wildman–Crippen LogP) is 1.91. The number of rotatable bonds is 3. The molecular formula is C14H13N3O4. The fourth-order valence-electron chi connectivity index (χ4n) is 3.59. The molecule has 2 saturated heterocycles. The van der Waals surface area contributed by atoms with Gasteiger partial charge in [0.2, 0.25) is 0 Å². The number of nitriles is 1. The zero-order valence-electron chi connectivity index (χ0n) is 11.1. The van der Waals surface area contributed by atoms with Crippen LogP contribution in [0.5, 0.6) is 0 Å². The number of fused-ring (bicyclic) bond motifs is 2. The number of nitrogens with zero attached hydrogens (tertiary/aromatic N) is 3. The molecule has 0 spiro atoms. The minimum absolute atomic E-state index is 0.00988. The van der Waals surface area contributed by atoms with Crippen molar-refractivity contribution < 1.29 is 14.8 Å². The summed E-state index contributed by atoms with van der Waals surface area (Å²) >= 11 is 0. The molecule has 3 unspecified atom stereocenters. The first-order chi connectivity index (χ1) is 10.0. The molecule has 2 aliphatic rings. The van der Waals surface area contributed by atoms with Crippen LogP contribution in [0.3, 0.4) is 0 Å². The van der Waals surface area contributed by atoms with Crippen LogP contribution in [-0.4, -0.2) is 28.1 Å². The Bertz CT molecular complexity index is 667. The number of benzene rings is 1. The zero-order chi connectivity index (χ0) is 15.1. The first-order valence-corrected chi connectivity index (χ1v) is 6.72. The molecule has 2 aliphatic heterocycles. The summed E-state index contributed by atoms with van der Waals surface area (Å²) in [6.07, 6.45) is 2.33. The van der Waals surface area contributed by atoms with Gasteiger partial charge in [-0.3, -0.25) is 14.9 Å². The highest BCUT2D eigenvalue weighted by molar-refractivity contribution is 5.74. The lowest BCUT2D eigenvalue weighted by molar-refractivity contribution is -0.385. The lowest BCUT2D eigenvalue weighted by Gasteiger charge is -2.25. The summed E-state index contributed by atoms with van der Waals surface area (Å²) in [6, 6.07) is 6.32. The summed E-state index contributed by atoms with van der Waals surface area (Å²) in [5, 5.41) is 29.2. The SMILES string of the molecule is N#Cc1cc(N2C3CCC2C(C(=O)O)C3)ccc1[N+](=O)[O-]. The highest BCUT2D eigenvalue weighted by Crippen LogP contribution is 2.45. The normalized spacial score (nSPS) is 26.6. The van der Waals surface area contributed by atoms with E-state index in [0.717, 1.165) is 12.8 Å². The number of nitro benzene ring substituents is 1. The molecule has 0 aromatic heterocycles. The number of carboxylic acid groups (broad SMARTS) is 1. The molecule has 7 nitrogen and oxygen atoms in total. The van der Waals surface area contributed by atoms with E-state index < -0.39 is 16.8 Å². The third-order valence-corrected chi connectivity index (χ3v) is 4.45. The maximum atomic E-state index is 11.3. The minimum atomic E-state index is -0.797. The van der Waals surface area contributed by atoms with Gasteiger partial charge in [-0.05, 0) is 31.4 Å². The molecule has 1 N–H and O–H groups in total. The Morgan fingerprint density at radius 3 is 2.81 bits per heavy atom. The van der Waals surface area contributed by atoms with Crippen molar-refractivity contribution in [1.82, 2.24) is 0 Å². The van der Waals surface area contributed by atoms with Crippen molar-refractivity contribution in [1.29, 1.82) is 5.26 Å². The minimum Gasteiger partial charge on any atom is -0.481 e. The van der Waals surface area contributed by atoms with Crippen LogP contribution in [0.2, 0.25) is 0 Å². The van der Waals surface area contributed by atoms with Gasteiger partial charge in [0.05, 0.1) is 10.8 Å². The highest BCUT2D eigenvalue weighted by atomic mass is 16.6. The maximum absolute atomic E-state index is 11.3. The smallest absolute Gasteiger partial charge is 0.308 e. The van der Waals surface area contributed by atoms with E-state index in [4.69, 9.17) is 5.26 Å². The molecule has 2 bridgehead atoms. The standard InChI is InChI=1S/C14H13N3O4/c15-7-8-5-9(1-3-12(8)17(20)21)16-10-2-4-13(16)11(6-10)14(18)19/h1,3,5,10-11,13H,2,4,6H2,(H,18,19). The summed E-state index contributed by atoms with van der Waals surface area (Å²) in [4.78, 5) is 23.6. The number of nitro groups is 1. The van der Waals surface area contributed by atoms with E-state index in [1.54, 1.807) is 6.07 Å². The van der Waals surface area contributed by atoms with E-state index in [1.165, 1.54) is 12.1 Å². The zero-order valence-corrected chi connectivity index (χ0v) is 11.1. The van der Waals surface area contributed by atoms with Crippen molar-refractivity contribution in [2.75, 3.05) is 4.90 Å². The monoisotopic (exact) mass is 287 g/mol. The summed E-state index contributed by atoms with van der Waals surface area (Å²) in [5.74, 6) is -1.20. The molecule has 1 aromatic rings. The second-order valence-electron chi connectivity index (χ2n) is 5.46. The fraction of sp³-hybridized carbons (Fsp3) is 0.429. The van der Waals surface area contributed by atoms with Gasteiger partial charge >= 0.3 is 5.97 Å². The van der Waals surface area contributed by atoms with Crippen LogP contribution in [0.25, 0.3) is 0 Å². The summed E-state index contributed by atoms with van der Waals surface area (Å²) in [6.45, 7) is 0.